The van der Waals surface area contributed by atoms with Gasteiger partial charge < -0.3 is 9.52 Å². The summed E-state index contributed by atoms with van der Waals surface area (Å²) in [7, 11) is 0. The Bertz CT molecular complexity index is 480. The van der Waals surface area contributed by atoms with Crippen LogP contribution in [0, 0.1) is 11.3 Å². The molecular weight excluding hydrogens is 178 g/mol. The lowest BCUT2D eigenvalue weighted by Crippen LogP contribution is -1.79. The molecule has 14 heavy (non-hydrogen) atoms. The number of furan rings is 1. The molecule has 0 atom stereocenters. The standard InChI is InChI=1S/C11H7NO2/c12-7-8-3-4-10(13)9(6-8)11-2-1-5-14-11/h1-6,13H. The molecule has 0 aliphatic carbocycles. The third-order valence-corrected chi connectivity index (χ3v) is 1.91. The van der Waals surface area contributed by atoms with E-state index in [1.165, 1.54) is 12.3 Å². The fourth-order valence-corrected chi connectivity index (χ4v) is 1.23. The van der Waals surface area contributed by atoms with Crippen LogP contribution in [0.2, 0.25) is 0 Å². The largest absolute Gasteiger partial charge is 0.507 e. The molecule has 0 aliphatic rings. The van der Waals surface area contributed by atoms with Crippen molar-refractivity contribution in [2.45, 2.75) is 0 Å². The maximum absolute atomic E-state index is 9.53. The van der Waals surface area contributed by atoms with Crippen LogP contribution in [0.1, 0.15) is 5.56 Å². The van der Waals surface area contributed by atoms with Gasteiger partial charge in [-0.05, 0) is 30.3 Å². The molecular formula is C11H7NO2. The molecule has 1 heterocycles. The van der Waals surface area contributed by atoms with Crippen LogP contribution in [0.5, 0.6) is 5.75 Å². The summed E-state index contributed by atoms with van der Waals surface area (Å²) in [6.45, 7) is 0. The molecule has 0 radical (unpaired) electrons. The first kappa shape index (κ1) is 8.39. The van der Waals surface area contributed by atoms with Gasteiger partial charge in [-0.1, -0.05) is 0 Å². The molecule has 0 amide bonds. The predicted molar refractivity (Wildman–Crippen MR) is 50.5 cm³/mol. The van der Waals surface area contributed by atoms with Crippen molar-refractivity contribution in [2.75, 3.05) is 0 Å². The maximum Gasteiger partial charge on any atom is 0.137 e. The normalized spacial score (nSPS) is 9.64. The highest BCUT2D eigenvalue weighted by molar-refractivity contribution is 5.67. The first-order valence-corrected chi connectivity index (χ1v) is 4.08. The third kappa shape index (κ3) is 1.34. The highest BCUT2D eigenvalue weighted by atomic mass is 16.3. The number of benzene rings is 1. The number of rotatable bonds is 1. The highest BCUT2D eigenvalue weighted by Crippen LogP contribution is 2.29. The zero-order valence-corrected chi connectivity index (χ0v) is 7.27. The summed E-state index contributed by atoms with van der Waals surface area (Å²) in [5.41, 5.74) is 1.03. The van der Waals surface area contributed by atoms with Gasteiger partial charge in [-0.2, -0.15) is 5.26 Å². The Kier molecular flexibility index (Phi) is 1.96. The third-order valence-electron chi connectivity index (χ3n) is 1.91. The van der Waals surface area contributed by atoms with Crippen LogP contribution in [0.15, 0.2) is 41.0 Å². The molecule has 1 N–H and O–H groups in total. The van der Waals surface area contributed by atoms with Crippen molar-refractivity contribution in [1.29, 1.82) is 5.26 Å². The minimum atomic E-state index is 0.110. The summed E-state index contributed by atoms with van der Waals surface area (Å²) < 4.78 is 5.13. The Morgan fingerprint density at radius 1 is 1.29 bits per heavy atom. The van der Waals surface area contributed by atoms with Crippen molar-refractivity contribution in [2.24, 2.45) is 0 Å². The second-order valence-electron chi connectivity index (χ2n) is 2.82. The summed E-state index contributed by atoms with van der Waals surface area (Å²) in [5.74, 6) is 0.665. The number of hydrogen-bond donors (Lipinski definition) is 1. The van der Waals surface area contributed by atoms with Crippen molar-refractivity contribution >= 4 is 0 Å². The molecule has 0 spiro atoms. The van der Waals surface area contributed by atoms with E-state index in [9.17, 15) is 5.11 Å². The number of phenols is 1. The molecule has 0 fully saturated rings. The molecule has 0 saturated heterocycles. The Labute approximate surface area is 80.8 Å². The minimum absolute atomic E-state index is 0.110. The lowest BCUT2D eigenvalue weighted by atomic mass is 10.1. The molecule has 0 saturated carbocycles. The minimum Gasteiger partial charge on any atom is -0.507 e. The van der Waals surface area contributed by atoms with Crippen LogP contribution in [0.3, 0.4) is 0 Å². The quantitative estimate of drug-likeness (QED) is 0.742. The molecule has 3 heteroatoms. The van der Waals surface area contributed by atoms with Gasteiger partial charge in [0, 0.05) is 0 Å². The molecule has 0 aliphatic heterocycles. The molecule has 0 bridgehead atoms. The van der Waals surface area contributed by atoms with E-state index in [2.05, 4.69) is 0 Å². The molecule has 2 aromatic rings. The van der Waals surface area contributed by atoms with Crippen molar-refractivity contribution in [1.82, 2.24) is 0 Å². The van der Waals surface area contributed by atoms with Gasteiger partial charge in [-0.15, -0.1) is 0 Å². The van der Waals surface area contributed by atoms with Gasteiger partial charge in [0.1, 0.15) is 11.5 Å². The molecule has 68 valence electrons. The van der Waals surface area contributed by atoms with Crippen molar-refractivity contribution in [3.63, 3.8) is 0 Å². The first-order valence-electron chi connectivity index (χ1n) is 4.08. The second-order valence-corrected chi connectivity index (χ2v) is 2.82. The number of nitriles is 1. The van der Waals surface area contributed by atoms with E-state index in [0.29, 0.717) is 16.9 Å². The molecule has 2 rings (SSSR count). The Hall–Kier alpha value is -2.21. The number of nitrogens with zero attached hydrogens (tertiary/aromatic N) is 1. The average Bonchev–Trinajstić information content (AvgIpc) is 2.71. The van der Waals surface area contributed by atoms with Crippen LogP contribution in [-0.2, 0) is 0 Å². The monoisotopic (exact) mass is 185 g/mol. The van der Waals surface area contributed by atoms with E-state index < -0.39 is 0 Å². The lowest BCUT2D eigenvalue weighted by Gasteiger charge is -2.00. The summed E-state index contributed by atoms with van der Waals surface area (Å²) in [4.78, 5) is 0. The van der Waals surface area contributed by atoms with Crippen molar-refractivity contribution < 1.29 is 9.52 Å². The van der Waals surface area contributed by atoms with E-state index in [0.717, 1.165) is 0 Å². The summed E-state index contributed by atoms with van der Waals surface area (Å²) >= 11 is 0. The second kappa shape index (κ2) is 3.27. The first-order chi connectivity index (χ1) is 6.81. The summed E-state index contributed by atoms with van der Waals surface area (Å²) in [6, 6.07) is 10.1. The fourth-order valence-electron chi connectivity index (χ4n) is 1.23. The van der Waals surface area contributed by atoms with Gasteiger partial charge in [-0.25, -0.2) is 0 Å². The summed E-state index contributed by atoms with van der Waals surface area (Å²) in [6.07, 6.45) is 1.52. The molecule has 0 unspecified atom stereocenters. The van der Waals surface area contributed by atoms with Crippen LogP contribution in [-0.4, -0.2) is 5.11 Å². The van der Waals surface area contributed by atoms with E-state index >= 15 is 0 Å². The van der Waals surface area contributed by atoms with Gasteiger partial charge in [-0.3, -0.25) is 0 Å². The van der Waals surface area contributed by atoms with Gasteiger partial charge in [0.2, 0.25) is 0 Å². The zero-order valence-electron chi connectivity index (χ0n) is 7.27. The van der Waals surface area contributed by atoms with Gasteiger partial charge in [0.15, 0.2) is 0 Å². The Morgan fingerprint density at radius 3 is 2.79 bits per heavy atom. The number of aromatic hydroxyl groups is 1. The topological polar surface area (TPSA) is 57.2 Å². The maximum atomic E-state index is 9.53. The van der Waals surface area contributed by atoms with Crippen LogP contribution in [0.4, 0.5) is 0 Å². The van der Waals surface area contributed by atoms with Crippen LogP contribution in [0.25, 0.3) is 11.3 Å². The van der Waals surface area contributed by atoms with E-state index in [4.69, 9.17) is 9.68 Å². The average molecular weight is 185 g/mol. The Balaban J connectivity index is 2.58. The van der Waals surface area contributed by atoms with Gasteiger partial charge in [0.05, 0.1) is 23.5 Å². The molecule has 3 nitrogen and oxygen atoms in total. The van der Waals surface area contributed by atoms with Crippen molar-refractivity contribution in [3.05, 3.63) is 42.2 Å². The van der Waals surface area contributed by atoms with Crippen molar-refractivity contribution in [3.8, 4) is 23.1 Å². The lowest BCUT2D eigenvalue weighted by molar-refractivity contribution is 0.473. The van der Waals surface area contributed by atoms with E-state index in [1.54, 1.807) is 24.3 Å². The zero-order chi connectivity index (χ0) is 9.97. The van der Waals surface area contributed by atoms with Crippen LogP contribution < -0.4 is 0 Å². The highest BCUT2D eigenvalue weighted by Gasteiger charge is 2.07. The fraction of sp³-hybridized carbons (Fsp3) is 0. The van der Waals surface area contributed by atoms with Gasteiger partial charge in [0.25, 0.3) is 0 Å². The molecule has 1 aromatic carbocycles. The van der Waals surface area contributed by atoms with E-state index in [1.807, 2.05) is 6.07 Å². The number of hydrogen-bond acceptors (Lipinski definition) is 3. The Morgan fingerprint density at radius 2 is 2.14 bits per heavy atom. The van der Waals surface area contributed by atoms with Crippen LogP contribution >= 0.6 is 0 Å². The predicted octanol–water partition coefficient (Wildman–Crippen LogP) is 2.52. The SMILES string of the molecule is N#Cc1ccc(O)c(-c2ccco2)c1. The summed E-state index contributed by atoms with van der Waals surface area (Å²) in [5, 5.41) is 18.2. The molecule has 1 aromatic heterocycles. The van der Waals surface area contributed by atoms with Gasteiger partial charge >= 0.3 is 0 Å². The number of phenolic OH excluding ortho intramolecular Hbond substituents is 1. The van der Waals surface area contributed by atoms with E-state index in [-0.39, 0.29) is 5.75 Å². The smallest absolute Gasteiger partial charge is 0.137 e.